The number of benzene rings is 1. The van der Waals surface area contributed by atoms with Crippen LogP contribution in [0.25, 0.3) is 0 Å². The Hall–Kier alpha value is -1.59. The Morgan fingerprint density at radius 1 is 1.35 bits per heavy atom. The van der Waals surface area contributed by atoms with Crippen molar-refractivity contribution in [2.45, 2.75) is 39.2 Å². The zero-order chi connectivity index (χ0) is 15.2. The third-order valence-corrected chi connectivity index (χ3v) is 2.75. The maximum Gasteiger partial charge on any atom is 0.431 e. The van der Waals surface area contributed by atoms with Crippen LogP contribution < -0.4 is 11.2 Å². The molecule has 5 nitrogen and oxygen atoms in total. The van der Waals surface area contributed by atoms with Crippen LogP contribution in [0.4, 0.5) is 4.79 Å². The second-order valence-corrected chi connectivity index (χ2v) is 5.70. The van der Waals surface area contributed by atoms with Crippen LogP contribution in [-0.2, 0) is 9.57 Å². The quantitative estimate of drug-likeness (QED) is 0.813. The van der Waals surface area contributed by atoms with E-state index in [1.54, 1.807) is 20.8 Å². The summed E-state index contributed by atoms with van der Waals surface area (Å²) in [6, 6.07) is 7.99. The molecule has 0 saturated carbocycles. The van der Waals surface area contributed by atoms with E-state index in [1.807, 2.05) is 31.2 Å². The highest BCUT2D eigenvalue weighted by atomic mass is 16.7. The van der Waals surface area contributed by atoms with Gasteiger partial charge in [-0.15, -0.1) is 0 Å². The van der Waals surface area contributed by atoms with Crippen molar-refractivity contribution in [3.8, 4) is 0 Å². The molecule has 3 N–H and O–H groups in total. The summed E-state index contributed by atoms with van der Waals surface area (Å²) in [6.45, 7) is 8.16. The summed E-state index contributed by atoms with van der Waals surface area (Å²) in [4.78, 5) is 16.6. The van der Waals surface area contributed by atoms with E-state index in [1.165, 1.54) is 0 Å². The molecule has 0 spiro atoms. The van der Waals surface area contributed by atoms with Crippen LogP contribution in [-0.4, -0.2) is 24.8 Å². The van der Waals surface area contributed by atoms with Gasteiger partial charge in [-0.2, -0.15) is 5.48 Å². The third-order valence-electron chi connectivity index (χ3n) is 2.75. The maximum atomic E-state index is 11.4. The first-order valence-corrected chi connectivity index (χ1v) is 6.70. The summed E-state index contributed by atoms with van der Waals surface area (Å²) >= 11 is 0. The van der Waals surface area contributed by atoms with Gasteiger partial charge in [-0.25, -0.2) is 4.79 Å². The summed E-state index contributed by atoms with van der Waals surface area (Å²) in [5.74, 6) is 0.0335. The Bertz CT molecular complexity index is 441. The number of amides is 1. The largest absolute Gasteiger partial charge is 0.442 e. The predicted octanol–water partition coefficient (Wildman–Crippen LogP) is 2.49. The number of rotatable bonds is 5. The van der Waals surface area contributed by atoms with E-state index in [9.17, 15) is 4.79 Å². The first-order valence-electron chi connectivity index (χ1n) is 6.70. The molecule has 5 heteroatoms. The van der Waals surface area contributed by atoms with Gasteiger partial charge in [0.25, 0.3) is 0 Å². The highest BCUT2D eigenvalue weighted by molar-refractivity contribution is 5.66. The molecule has 1 atom stereocenters. The van der Waals surface area contributed by atoms with Crippen LogP contribution in [0.1, 0.15) is 37.8 Å². The average molecular weight is 280 g/mol. The van der Waals surface area contributed by atoms with E-state index in [-0.39, 0.29) is 5.92 Å². The Balaban J connectivity index is 2.47. The molecular weight excluding hydrogens is 256 g/mol. The van der Waals surface area contributed by atoms with Crippen molar-refractivity contribution < 1.29 is 14.4 Å². The number of hydrogen-bond donors (Lipinski definition) is 2. The number of carbonyl (C=O) groups is 1. The molecule has 0 bridgehead atoms. The van der Waals surface area contributed by atoms with Crippen LogP contribution in [0.5, 0.6) is 0 Å². The zero-order valence-electron chi connectivity index (χ0n) is 12.6. The number of hydroxylamine groups is 1. The van der Waals surface area contributed by atoms with E-state index < -0.39 is 11.7 Å². The number of carbonyl (C=O) groups excluding carboxylic acids is 1. The molecule has 0 fully saturated rings. The number of hydrogen-bond acceptors (Lipinski definition) is 4. The first kappa shape index (κ1) is 16.5. The van der Waals surface area contributed by atoms with Gasteiger partial charge in [-0.3, -0.25) is 4.84 Å². The van der Waals surface area contributed by atoms with Crippen molar-refractivity contribution in [2.75, 3.05) is 13.2 Å². The lowest BCUT2D eigenvalue weighted by molar-refractivity contribution is -0.0111. The SMILES string of the molecule is Cc1ccccc1C(CN)CONC(=O)OC(C)(C)C. The maximum absolute atomic E-state index is 11.4. The number of nitrogens with two attached hydrogens (primary N) is 1. The number of nitrogens with one attached hydrogen (secondary N) is 1. The van der Waals surface area contributed by atoms with E-state index in [0.717, 1.165) is 11.1 Å². The molecule has 0 radical (unpaired) electrons. The molecule has 1 rings (SSSR count). The standard InChI is InChI=1S/C15H24N2O3/c1-11-7-5-6-8-13(11)12(9-16)10-19-17-14(18)20-15(2,3)4/h5-8,12H,9-10,16H2,1-4H3,(H,17,18). The highest BCUT2D eigenvalue weighted by Gasteiger charge is 2.17. The van der Waals surface area contributed by atoms with Gasteiger partial charge < -0.3 is 10.5 Å². The van der Waals surface area contributed by atoms with E-state index in [2.05, 4.69) is 5.48 Å². The molecule has 1 aromatic rings. The van der Waals surface area contributed by atoms with Gasteiger partial charge in [0.2, 0.25) is 0 Å². The van der Waals surface area contributed by atoms with Crippen molar-refractivity contribution in [3.05, 3.63) is 35.4 Å². The molecule has 0 aliphatic heterocycles. The lowest BCUT2D eigenvalue weighted by Crippen LogP contribution is -2.34. The molecule has 1 amide bonds. The summed E-state index contributed by atoms with van der Waals surface area (Å²) in [7, 11) is 0. The second-order valence-electron chi connectivity index (χ2n) is 5.70. The smallest absolute Gasteiger partial charge is 0.431 e. The van der Waals surface area contributed by atoms with Gasteiger partial charge >= 0.3 is 6.09 Å². The molecular formula is C15H24N2O3. The fraction of sp³-hybridized carbons (Fsp3) is 0.533. The zero-order valence-corrected chi connectivity index (χ0v) is 12.6. The van der Waals surface area contributed by atoms with Crippen molar-refractivity contribution in [3.63, 3.8) is 0 Å². The minimum Gasteiger partial charge on any atom is -0.442 e. The number of ether oxygens (including phenoxy) is 1. The first-order chi connectivity index (χ1) is 9.33. The van der Waals surface area contributed by atoms with Gasteiger partial charge in [-0.05, 0) is 38.8 Å². The molecule has 0 aliphatic carbocycles. The fourth-order valence-corrected chi connectivity index (χ4v) is 1.83. The van der Waals surface area contributed by atoms with Crippen LogP contribution in [0.2, 0.25) is 0 Å². The third kappa shape index (κ3) is 5.59. The minimum absolute atomic E-state index is 0.0335. The number of aryl methyl sites for hydroxylation is 1. The van der Waals surface area contributed by atoms with E-state index >= 15 is 0 Å². The summed E-state index contributed by atoms with van der Waals surface area (Å²) in [6.07, 6.45) is -0.599. The molecule has 112 valence electrons. The summed E-state index contributed by atoms with van der Waals surface area (Å²) in [5, 5.41) is 0. The van der Waals surface area contributed by atoms with E-state index in [4.69, 9.17) is 15.3 Å². The van der Waals surface area contributed by atoms with Crippen LogP contribution in [0.3, 0.4) is 0 Å². The van der Waals surface area contributed by atoms with Gasteiger partial charge in [-0.1, -0.05) is 24.3 Å². The molecule has 0 aromatic heterocycles. The van der Waals surface area contributed by atoms with E-state index in [0.29, 0.717) is 13.2 Å². The van der Waals surface area contributed by atoms with Gasteiger partial charge in [0.1, 0.15) is 5.60 Å². The summed E-state index contributed by atoms with van der Waals surface area (Å²) in [5.41, 5.74) is 9.78. The van der Waals surface area contributed by atoms with Crippen LogP contribution >= 0.6 is 0 Å². The monoisotopic (exact) mass is 280 g/mol. The Labute approximate surface area is 120 Å². The Kier molecular flexibility index (Phi) is 5.98. The molecule has 0 saturated heterocycles. The molecule has 20 heavy (non-hydrogen) atoms. The highest BCUT2D eigenvalue weighted by Crippen LogP contribution is 2.18. The van der Waals surface area contributed by atoms with Gasteiger partial charge in [0.15, 0.2) is 0 Å². The summed E-state index contributed by atoms with van der Waals surface area (Å²) < 4.78 is 5.08. The molecule has 0 aliphatic rings. The Morgan fingerprint density at radius 3 is 2.55 bits per heavy atom. The van der Waals surface area contributed by atoms with Gasteiger partial charge in [0, 0.05) is 12.5 Å². The second kappa shape index (κ2) is 7.26. The van der Waals surface area contributed by atoms with Crippen LogP contribution in [0.15, 0.2) is 24.3 Å². The molecule has 0 heterocycles. The molecule has 1 unspecified atom stereocenters. The Morgan fingerprint density at radius 2 is 2.00 bits per heavy atom. The van der Waals surface area contributed by atoms with Crippen molar-refractivity contribution in [1.29, 1.82) is 0 Å². The fourth-order valence-electron chi connectivity index (χ4n) is 1.83. The van der Waals surface area contributed by atoms with Crippen molar-refractivity contribution in [2.24, 2.45) is 5.73 Å². The lowest BCUT2D eigenvalue weighted by Gasteiger charge is -2.21. The molecule has 1 aromatic carbocycles. The minimum atomic E-state index is -0.599. The van der Waals surface area contributed by atoms with Crippen LogP contribution in [0, 0.1) is 6.92 Å². The van der Waals surface area contributed by atoms with Gasteiger partial charge in [0.05, 0.1) is 6.61 Å². The van der Waals surface area contributed by atoms with Crippen molar-refractivity contribution in [1.82, 2.24) is 5.48 Å². The predicted molar refractivity (Wildman–Crippen MR) is 78.3 cm³/mol. The lowest BCUT2D eigenvalue weighted by atomic mass is 9.96. The average Bonchev–Trinajstić information content (AvgIpc) is 2.34. The normalized spacial score (nSPS) is 12.8. The topological polar surface area (TPSA) is 73.6 Å². The van der Waals surface area contributed by atoms with Crippen molar-refractivity contribution >= 4 is 6.09 Å².